The van der Waals surface area contributed by atoms with Crippen molar-refractivity contribution < 1.29 is 27.1 Å². The van der Waals surface area contributed by atoms with Gasteiger partial charge >= 0.3 is 6.18 Å². The summed E-state index contributed by atoms with van der Waals surface area (Å²) in [5.41, 5.74) is -2.15. The maximum absolute atomic E-state index is 13.9. The number of carbonyl (C=O) groups excluding carboxylic acids is 1. The number of ether oxygens (including phenoxy) is 1. The van der Waals surface area contributed by atoms with Gasteiger partial charge in [0.25, 0.3) is 5.56 Å². The monoisotopic (exact) mass is 495 g/mol. The highest BCUT2D eigenvalue weighted by Crippen LogP contribution is 2.34. The topological polar surface area (TPSA) is 89.7 Å². The van der Waals surface area contributed by atoms with Crippen molar-refractivity contribution in [2.45, 2.75) is 51.6 Å². The zero-order chi connectivity index (χ0) is 25.3. The van der Waals surface area contributed by atoms with E-state index in [4.69, 9.17) is 4.74 Å². The second kappa shape index (κ2) is 9.68. The number of fused-ring (bicyclic) bond motifs is 1. The molecule has 1 amide bonds. The molecule has 1 fully saturated rings. The maximum Gasteiger partial charge on any atom is 0.419 e. The van der Waals surface area contributed by atoms with Crippen LogP contribution in [0.4, 0.5) is 17.6 Å². The first kappa shape index (κ1) is 24.7. The number of amides is 1. The van der Waals surface area contributed by atoms with Crippen molar-refractivity contribution in [3.63, 3.8) is 0 Å². The van der Waals surface area contributed by atoms with Gasteiger partial charge < -0.3 is 15.4 Å². The van der Waals surface area contributed by atoms with Crippen LogP contribution in [-0.2, 0) is 17.5 Å². The largest absolute Gasteiger partial charge is 0.473 e. The highest BCUT2D eigenvalue weighted by molar-refractivity contribution is 5.77. The fourth-order valence-corrected chi connectivity index (χ4v) is 4.01. The fourth-order valence-electron chi connectivity index (χ4n) is 4.01. The Bertz CT molecular complexity index is 1290. The van der Waals surface area contributed by atoms with Gasteiger partial charge in [-0.2, -0.15) is 13.2 Å². The van der Waals surface area contributed by atoms with Crippen LogP contribution in [0.15, 0.2) is 35.3 Å². The zero-order valence-electron chi connectivity index (χ0n) is 19.2. The van der Waals surface area contributed by atoms with E-state index in [9.17, 15) is 27.2 Å². The molecule has 12 heteroatoms. The van der Waals surface area contributed by atoms with Crippen LogP contribution >= 0.6 is 0 Å². The summed E-state index contributed by atoms with van der Waals surface area (Å²) in [6.45, 7) is 4.60. The van der Waals surface area contributed by atoms with Gasteiger partial charge in [0.1, 0.15) is 24.0 Å². The number of hydrogen-bond acceptors (Lipinski definition) is 5. The van der Waals surface area contributed by atoms with Crippen LogP contribution in [0.2, 0.25) is 0 Å². The van der Waals surface area contributed by atoms with Crippen molar-refractivity contribution >= 4 is 11.4 Å². The van der Waals surface area contributed by atoms with Crippen LogP contribution in [0.25, 0.3) is 16.8 Å². The smallest absolute Gasteiger partial charge is 0.419 e. The number of nitrogens with one attached hydrogen (secondary N) is 2. The molecule has 0 bridgehead atoms. The first-order valence-corrected chi connectivity index (χ1v) is 11.2. The normalized spacial score (nSPS) is 15.1. The van der Waals surface area contributed by atoms with Crippen LogP contribution in [0.1, 0.15) is 32.3 Å². The second-order valence-corrected chi connectivity index (χ2v) is 8.70. The molecule has 3 heterocycles. The first-order chi connectivity index (χ1) is 16.5. The van der Waals surface area contributed by atoms with Gasteiger partial charge in [0, 0.05) is 17.7 Å². The number of carbonyl (C=O) groups is 1. The lowest BCUT2D eigenvalue weighted by Crippen LogP contribution is -2.37. The van der Waals surface area contributed by atoms with Crippen LogP contribution in [0.5, 0.6) is 5.88 Å². The van der Waals surface area contributed by atoms with Crippen molar-refractivity contribution in [2.75, 3.05) is 13.1 Å². The summed E-state index contributed by atoms with van der Waals surface area (Å²) in [4.78, 5) is 25.8. The minimum atomic E-state index is -4.94. The van der Waals surface area contributed by atoms with Crippen LogP contribution in [0.3, 0.4) is 0 Å². The summed E-state index contributed by atoms with van der Waals surface area (Å²) in [6, 6.07) is 3.64. The zero-order valence-corrected chi connectivity index (χ0v) is 19.2. The molecule has 4 rings (SSSR count). The molecular weight excluding hydrogens is 470 g/mol. The van der Waals surface area contributed by atoms with Gasteiger partial charge in [0.2, 0.25) is 11.8 Å². The quantitative estimate of drug-likeness (QED) is 0.514. The summed E-state index contributed by atoms with van der Waals surface area (Å²) in [5.74, 6) is -1.75. The highest BCUT2D eigenvalue weighted by Gasteiger charge is 2.34. The summed E-state index contributed by atoms with van der Waals surface area (Å²) < 4.78 is 62.1. The Morgan fingerprint density at radius 3 is 2.63 bits per heavy atom. The number of nitrogens with zero attached hydrogens (tertiary/aromatic N) is 3. The van der Waals surface area contributed by atoms with Crippen LogP contribution in [-0.4, -0.2) is 45.3 Å². The van der Waals surface area contributed by atoms with E-state index in [2.05, 4.69) is 15.7 Å². The van der Waals surface area contributed by atoms with E-state index in [1.807, 2.05) is 0 Å². The third kappa shape index (κ3) is 5.47. The molecule has 3 aromatic rings. The lowest BCUT2D eigenvalue weighted by atomic mass is 10.1. The molecule has 188 valence electrons. The number of piperidine rings is 1. The molecule has 1 aliphatic rings. The van der Waals surface area contributed by atoms with Gasteiger partial charge in [-0.1, -0.05) is 0 Å². The summed E-state index contributed by atoms with van der Waals surface area (Å²) >= 11 is 0. The molecule has 2 N–H and O–H groups in total. The third-order valence-electron chi connectivity index (χ3n) is 5.61. The Morgan fingerprint density at radius 1 is 1.26 bits per heavy atom. The van der Waals surface area contributed by atoms with Crippen molar-refractivity contribution in [1.29, 1.82) is 0 Å². The Morgan fingerprint density at radius 2 is 1.97 bits per heavy atom. The first-order valence-electron chi connectivity index (χ1n) is 11.2. The number of benzene rings is 1. The van der Waals surface area contributed by atoms with Gasteiger partial charge in [-0.15, -0.1) is 5.10 Å². The van der Waals surface area contributed by atoms with Crippen molar-refractivity contribution in [3.05, 3.63) is 52.2 Å². The molecule has 0 unspecified atom stereocenters. The minimum absolute atomic E-state index is 0.0246. The van der Waals surface area contributed by atoms with Crippen LogP contribution in [0, 0.1) is 5.82 Å². The van der Waals surface area contributed by atoms with E-state index in [-0.39, 0.29) is 34.8 Å². The average Bonchev–Trinajstić information content (AvgIpc) is 3.18. The number of aromatic nitrogens is 3. The Hall–Kier alpha value is -3.41. The Kier molecular flexibility index (Phi) is 6.84. The van der Waals surface area contributed by atoms with Crippen molar-refractivity contribution in [1.82, 2.24) is 24.8 Å². The van der Waals surface area contributed by atoms with E-state index in [1.54, 1.807) is 13.8 Å². The lowest BCUT2D eigenvalue weighted by molar-refractivity contribution is -0.140. The van der Waals surface area contributed by atoms with Gasteiger partial charge in [0.15, 0.2) is 0 Å². The lowest BCUT2D eigenvalue weighted by Gasteiger charge is -2.22. The van der Waals surface area contributed by atoms with Crippen molar-refractivity contribution in [2.24, 2.45) is 0 Å². The average molecular weight is 495 g/mol. The molecule has 0 radical (unpaired) electrons. The molecule has 0 aliphatic carbocycles. The fraction of sp³-hybridized carbons (Fsp3) is 0.435. The van der Waals surface area contributed by atoms with Gasteiger partial charge in [-0.25, -0.2) is 8.91 Å². The number of rotatable bonds is 6. The molecule has 1 aromatic carbocycles. The molecule has 1 aliphatic heterocycles. The molecule has 35 heavy (non-hydrogen) atoms. The van der Waals surface area contributed by atoms with Crippen LogP contribution < -0.4 is 20.9 Å². The Balaban J connectivity index is 1.83. The molecule has 8 nitrogen and oxygen atoms in total. The third-order valence-corrected chi connectivity index (χ3v) is 5.61. The maximum atomic E-state index is 13.9. The summed E-state index contributed by atoms with van der Waals surface area (Å²) in [7, 11) is 0. The molecule has 0 atom stereocenters. The predicted molar refractivity (Wildman–Crippen MR) is 120 cm³/mol. The molecule has 0 saturated carbocycles. The number of hydrogen-bond donors (Lipinski definition) is 2. The van der Waals surface area contributed by atoms with Gasteiger partial charge in [-0.3, -0.25) is 14.2 Å². The van der Waals surface area contributed by atoms with E-state index < -0.39 is 35.6 Å². The van der Waals surface area contributed by atoms with Gasteiger partial charge in [0.05, 0.1) is 17.5 Å². The number of alkyl halides is 3. The standard InChI is InChI=1S/C23H25F4N5O3/c1-13(2)29-20(33)12-31-19(14-3-4-17(24)16(9-14)23(25,26)27)11-32-18(22(31)34)10-21(30-32)35-15-5-7-28-8-6-15/h3-4,9-11,13,15,28H,5-8,12H2,1-2H3,(H,29,33). The van der Waals surface area contributed by atoms with E-state index in [0.717, 1.165) is 36.6 Å². The Labute approximate surface area is 197 Å². The summed E-state index contributed by atoms with van der Waals surface area (Å²) in [5, 5.41) is 10.1. The molecule has 0 spiro atoms. The van der Waals surface area contributed by atoms with E-state index >= 15 is 0 Å². The molecule has 2 aromatic heterocycles. The van der Waals surface area contributed by atoms with Crippen molar-refractivity contribution in [3.8, 4) is 17.1 Å². The molecular formula is C23H25F4N5O3. The predicted octanol–water partition coefficient (Wildman–Crippen LogP) is 2.98. The van der Waals surface area contributed by atoms with E-state index in [1.165, 1.54) is 16.8 Å². The SMILES string of the molecule is CC(C)NC(=O)Cn1c(-c2ccc(F)c(C(F)(F)F)c2)cn2nc(OC3CCNCC3)cc2c1=O. The summed E-state index contributed by atoms with van der Waals surface area (Å²) in [6.07, 6.45) is -2.18. The highest BCUT2D eigenvalue weighted by atomic mass is 19.4. The minimum Gasteiger partial charge on any atom is -0.473 e. The number of halogens is 4. The van der Waals surface area contributed by atoms with Gasteiger partial charge in [-0.05, 0) is 58.0 Å². The molecule has 1 saturated heterocycles. The second-order valence-electron chi connectivity index (χ2n) is 8.70. The van der Waals surface area contributed by atoms with E-state index in [0.29, 0.717) is 12.1 Å².